The lowest BCUT2D eigenvalue weighted by Crippen LogP contribution is -2.39. The minimum Gasteiger partial charge on any atom is -0.490 e. The number of halogens is 2. The van der Waals surface area contributed by atoms with Gasteiger partial charge in [0.25, 0.3) is 0 Å². The Labute approximate surface area is 174 Å². The fourth-order valence-electron chi connectivity index (χ4n) is 3.61. The predicted molar refractivity (Wildman–Crippen MR) is 113 cm³/mol. The quantitative estimate of drug-likeness (QED) is 0.583. The monoisotopic (exact) mass is 416 g/mol. The Morgan fingerprint density at radius 1 is 0.964 bits per heavy atom. The van der Waals surface area contributed by atoms with Gasteiger partial charge in [0, 0.05) is 36.0 Å². The van der Waals surface area contributed by atoms with Crippen LogP contribution in [0.15, 0.2) is 42.5 Å². The van der Waals surface area contributed by atoms with Crippen LogP contribution in [0.25, 0.3) is 5.69 Å². The molecule has 146 valence electrons. The van der Waals surface area contributed by atoms with Crippen LogP contribution < -0.4 is 9.64 Å². The first kappa shape index (κ1) is 19.1. The van der Waals surface area contributed by atoms with Gasteiger partial charge in [0.05, 0.1) is 5.69 Å². The first-order valence-electron chi connectivity index (χ1n) is 9.37. The topological polar surface area (TPSA) is 43.2 Å². The largest absolute Gasteiger partial charge is 0.490 e. The Morgan fingerprint density at radius 3 is 2.43 bits per heavy atom. The summed E-state index contributed by atoms with van der Waals surface area (Å²) in [6.45, 7) is 5.74. The Hall–Kier alpha value is -2.24. The lowest BCUT2D eigenvalue weighted by Gasteiger charge is -2.33. The number of ether oxygens (including phenoxy) is 1. The number of nitrogens with zero attached hydrogens (tertiary/aromatic N) is 4. The lowest BCUT2D eigenvalue weighted by molar-refractivity contribution is 0.170. The second-order valence-electron chi connectivity index (χ2n) is 7.08. The summed E-state index contributed by atoms with van der Waals surface area (Å²) in [5.74, 6) is 2.55. The SMILES string of the molecule is Cc1cc(Cl)ccc1-n1c(C)nnc1N1CCC(Oc2cccc(Cl)c2)CC1. The van der Waals surface area contributed by atoms with Crippen molar-refractivity contribution in [3.8, 4) is 11.4 Å². The lowest BCUT2D eigenvalue weighted by atomic mass is 10.1. The molecule has 0 atom stereocenters. The van der Waals surface area contributed by atoms with Gasteiger partial charge < -0.3 is 9.64 Å². The molecule has 0 aliphatic carbocycles. The number of hydrogen-bond acceptors (Lipinski definition) is 4. The molecule has 1 fully saturated rings. The third kappa shape index (κ3) is 3.96. The van der Waals surface area contributed by atoms with E-state index in [1.807, 2.05) is 49.4 Å². The molecule has 7 heteroatoms. The van der Waals surface area contributed by atoms with Gasteiger partial charge in [-0.15, -0.1) is 10.2 Å². The van der Waals surface area contributed by atoms with E-state index in [1.54, 1.807) is 0 Å². The van der Waals surface area contributed by atoms with E-state index in [0.29, 0.717) is 5.02 Å². The summed E-state index contributed by atoms with van der Waals surface area (Å²) in [7, 11) is 0. The van der Waals surface area contributed by atoms with Crippen molar-refractivity contribution in [2.24, 2.45) is 0 Å². The Balaban J connectivity index is 1.50. The van der Waals surface area contributed by atoms with Crippen molar-refractivity contribution in [1.29, 1.82) is 0 Å². The Morgan fingerprint density at radius 2 is 1.71 bits per heavy atom. The summed E-state index contributed by atoms with van der Waals surface area (Å²) in [6.07, 6.45) is 2.00. The second-order valence-corrected chi connectivity index (χ2v) is 7.95. The zero-order valence-corrected chi connectivity index (χ0v) is 17.4. The maximum absolute atomic E-state index is 6.13. The molecule has 28 heavy (non-hydrogen) atoms. The van der Waals surface area contributed by atoms with Gasteiger partial charge in [-0.05, 0) is 55.8 Å². The highest BCUT2D eigenvalue weighted by atomic mass is 35.5. The second kappa shape index (κ2) is 8.02. The number of piperidine rings is 1. The Bertz CT molecular complexity index is 980. The summed E-state index contributed by atoms with van der Waals surface area (Å²) < 4.78 is 8.21. The van der Waals surface area contributed by atoms with E-state index in [1.165, 1.54) is 0 Å². The van der Waals surface area contributed by atoms with Gasteiger partial charge >= 0.3 is 0 Å². The number of hydrogen-bond donors (Lipinski definition) is 0. The molecular formula is C21H22Cl2N4O. The number of aryl methyl sites for hydroxylation is 2. The van der Waals surface area contributed by atoms with Crippen molar-refractivity contribution in [3.63, 3.8) is 0 Å². The molecule has 1 aliphatic rings. The molecule has 1 aliphatic heterocycles. The van der Waals surface area contributed by atoms with E-state index in [4.69, 9.17) is 27.9 Å². The minimum atomic E-state index is 0.171. The molecule has 0 spiro atoms. The van der Waals surface area contributed by atoms with Crippen LogP contribution in [-0.2, 0) is 0 Å². The number of rotatable bonds is 4. The zero-order chi connectivity index (χ0) is 19.7. The van der Waals surface area contributed by atoms with Gasteiger partial charge in [0.1, 0.15) is 17.7 Å². The molecule has 2 aromatic carbocycles. The van der Waals surface area contributed by atoms with Crippen LogP contribution in [0, 0.1) is 13.8 Å². The predicted octanol–water partition coefficient (Wildman–Crippen LogP) is 5.24. The maximum Gasteiger partial charge on any atom is 0.231 e. The summed E-state index contributed by atoms with van der Waals surface area (Å²) in [5.41, 5.74) is 2.15. The first-order valence-corrected chi connectivity index (χ1v) is 10.1. The molecule has 1 aromatic heterocycles. The van der Waals surface area contributed by atoms with Gasteiger partial charge in [-0.1, -0.05) is 29.3 Å². The van der Waals surface area contributed by atoms with Gasteiger partial charge in [-0.3, -0.25) is 4.57 Å². The van der Waals surface area contributed by atoms with Crippen molar-refractivity contribution in [2.75, 3.05) is 18.0 Å². The fraction of sp³-hybridized carbons (Fsp3) is 0.333. The fourth-order valence-corrected chi connectivity index (χ4v) is 4.02. The molecule has 3 aromatic rings. The zero-order valence-electron chi connectivity index (χ0n) is 15.9. The molecule has 2 heterocycles. The summed E-state index contributed by atoms with van der Waals surface area (Å²) in [6, 6.07) is 13.5. The van der Waals surface area contributed by atoms with Crippen LogP contribution in [0.3, 0.4) is 0 Å². The average molecular weight is 417 g/mol. The van der Waals surface area contributed by atoms with Crippen molar-refractivity contribution in [3.05, 3.63) is 63.9 Å². The highest BCUT2D eigenvalue weighted by Gasteiger charge is 2.25. The first-order chi connectivity index (χ1) is 13.5. The molecular weight excluding hydrogens is 395 g/mol. The van der Waals surface area contributed by atoms with E-state index in [9.17, 15) is 0 Å². The van der Waals surface area contributed by atoms with E-state index >= 15 is 0 Å². The van der Waals surface area contributed by atoms with Gasteiger partial charge in [-0.25, -0.2) is 0 Å². The van der Waals surface area contributed by atoms with Crippen LogP contribution in [0.5, 0.6) is 5.75 Å². The van der Waals surface area contributed by atoms with E-state index in [0.717, 1.165) is 59.7 Å². The molecule has 0 unspecified atom stereocenters. The van der Waals surface area contributed by atoms with Crippen LogP contribution in [0.4, 0.5) is 5.95 Å². The Kier molecular flexibility index (Phi) is 5.47. The van der Waals surface area contributed by atoms with Crippen molar-refractivity contribution in [2.45, 2.75) is 32.8 Å². The van der Waals surface area contributed by atoms with E-state index in [-0.39, 0.29) is 6.10 Å². The minimum absolute atomic E-state index is 0.171. The van der Waals surface area contributed by atoms with Gasteiger partial charge in [0.15, 0.2) is 0 Å². The molecule has 0 N–H and O–H groups in total. The van der Waals surface area contributed by atoms with Crippen LogP contribution in [-0.4, -0.2) is 34.0 Å². The van der Waals surface area contributed by atoms with Gasteiger partial charge in [0.2, 0.25) is 5.95 Å². The third-order valence-corrected chi connectivity index (χ3v) is 5.50. The van der Waals surface area contributed by atoms with Crippen LogP contribution in [0.1, 0.15) is 24.2 Å². The molecule has 0 bridgehead atoms. The molecule has 0 saturated carbocycles. The van der Waals surface area contributed by atoms with Gasteiger partial charge in [-0.2, -0.15) is 0 Å². The molecule has 4 rings (SSSR count). The van der Waals surface area contributed by atoms with Crippen LogP contribution in [0.2, 0.25) is 10.0 Å². The molecule has 0 amide bonds. The standard InChI is InChI=1S/C21H22Cl2N4O/c1-14-12-17(23)6-7-20(14)27-15(2)24-25-21(27)26-10-8-18(9-11-26)28-19-5-3-4-16(22)13-19/h3-7,12-13,18H,8-11H2,1-2H3. The van der Waals surface area contributed by atoms with Crippen molar-refractivity contribution in [1.82, 2.24) is 14.8 Å². The summed E-state index contributed by atoms with van der Waals surface area (Å²) in [5, 5.41) is 10.2. The number of aromatic nitrogens is 3. The summed E-state index contributed by atoms with van der Waals surface area (Å²) >= 11 is 12.2. The summed E-state index contributed by atoms with van der Waals surface area (Å²) in [4.78, 5) is 2.27. The third-order valence-electron chi connectivity index (χ3n) is 5.03. The van der Waals surface area contributed by atoms with E-state index < -0.39 is 0 Å². The highest BCUT2D eigenvalue weighted by molar-refractivity contribution is 6.31. The average Bonchev–Trinajstić information content (AvgIpc) is 3.04. The van der Waals surface area contributed by atoms with E-state index in [2.05, 4.69) is 26.6 Å². The molecule has 1 saturated heterocycles. The molecule has 5 nitrogen and oxygen atoms in total. The normalized spacial score (nSPS) is 15.1. The maximum atomic E-state index is 6.13. The van der Waals surface area contributed by atoms with Crippen molar-refractivity contribution >= 4 is 29.2 Å². The number of benzene rings is 2. The van der Waals surface area contributed by atoms with Crippen molar-refractivity contribution < 1.29 is 4.74 Å². The highest BCUT2D eigenvalue weighted by Crippen LogP contribution is 2.28. The molecule has 0 radical (unpaired) electrons. The smallest absolute Gasteiger partial charge is 0.231 e. The number of anilines is 1. The van der Waals surface area contributed by atoms with Crippen LogP contribution >= 0.6 is 23.2 Å².